The van der Waals surface area contributed by atoms with Crippen LogP contribution in [0.5, 0.6) is 0 Å². The summed E-state index contributed by atoms with van der Waals surface area (Å²) in [5.74, 6) is 0. The Hall–Kier alpha value is -7.68. The van der Waals surface area contributed by atoms with Crippen molar-refractivity contribution in [3.8, 4) is 33.4 Å². The highest BCUT2D eigenvalue weighted by atomic mass is 16.3. The van der Waals surface area contributed by atoms with Crippen molar-refractivity contribution in [2.24, 2.45) is 0 Å². The molecular formula is C56H32O2. The summed E-state index contributed by atoms with van der Waals surface area (Å²) in [5.41, 5.74) is 10.8. The lowest BCUT2D eigenvalue weighted by Crippen LogP contribution is -1.91. The van der Waals surface area contributed by atoms with Gasteiger partial charge < -0.3 is 8.83 Å². The molecule has 0 aliphatic heterocycles. The first-order valence-corrected chi connectivity index (χ1v) is 19.9. The lowest BCUT2D eigenvalue weighted by Gasteiger charge is -2.18. The molecule has 0 saturated heterocycles. The molecule has 0 amide bonds. The molecule has 2 heteroatoms. The fraction of sp³-hybridized carbons (Fsp3) is 0. The van der Waals surface area contributed by atoms with E-state index in [1.807, 2.05) is 0 Å². The highest BCUT2D eigenvalue weighted by Crippen LogP contribution is 2.46. The maximum atomic E-state index is 6.44. The molecule has 0 radical (unpaired) electrons. The van der Waals surface area contributed by atoms with Crippen LogP contribution in [0.1, 0.15) is 0 Å². The molecule has 58 heavy (non-hydrogen) atoms. The van der Waals surface area contributed by atoms with Crippen molar-refractivity contribution in [1.29, 1.82) is 0 Å². The summed E-state index contributed by atoms with van der Waals surface area (Å²) in [6, 6.07) is 70.7. The van der Waals surface area contributed by atoms with Crippen LogP contribution in [0.15, 0.2) is 203 Å². The number of hydrogen-bond donors (Lipinski definition) is 0. The molecular weight excluding hydrogens is 705 g/mol. The quantitative estimate of drug-likeness (QED) is 0.169. The van der Waals surface area contributed by atoms with Crippen LogP contribution >= 0.6 is 0 Å². The van der Waals surface area contributed by atoms with Gasteiger partial charge in [0.05, 0.1) is 0 Å². The minimum absolute atomic E-state index is 0.897. The number of rotatable bonds is 3. The number of fused-ring (bicyclic) bond motifs is 11. The molecule has 0 aliphatic rings. The molecule has 2 aromatic heterocycles. The Kier molecular flexibility index (Phi) is 6.47. The summed E-state index contributed by atoms with van der Waals surface area (Å²) in [6.45, 7) is 0. The van der Waals surface area contributed by atoms with Gasteiger partial charge in [-0.1, -0.05) is 140 Å². The Morgan fingerprint density at radius 1 is 0.224 bits per heavy atom. The van der Waals surface area contributed by atoms with Gasteiger partial charge in [-0.3, -0.25) is 0 Å². The fourth-order valence-corrected chi connectivity index (χ4v) is 9.66. The lowest BCUT2D eigenvalue weighted by atomic mass is 9.85. The van der Waals surface area contributed by atoms with Gasteiger partial charge in [-0.15, -0.1) is 0 Å². The van der Waals surface area contributed by atoms with Crippen LogP contribution in [0.25, 0.3) is 131 Å². The molecule has 13 rings (SSSR count). The molecule has 0 bridgehead atoms. The van der Waals surface area contributed by atoms with Crippen LogP contribution in [0.2, 0.25) is 0 Å². The van der Waals surface area contributed by atoms with Gasteiger partial charge in [0.15, 0.2) is 0 Å². The number of furan rings is 2. The average molecular weight is 737 g/mol. The Bertz CT molecular complexity index is 3640. The lowest BCUT2D eigenvalue weighted by molar-refractivity contribution is 0.669. The minimum Gasteiger partial charge on any atom is -0.456 e. The van der Waals surface area contributed by atoms with Crippen molar-refractivity contribution >= 4 is 97.7 Å². The largest absolute Gasteiger partial charge is 0.456 e. The first-order valence-electron chi connectivity index (χ1n) is 19.9. The molecule has 0 aliphatic carbocycles. The van der Waals surface area contributed by atoms with E-state index in [1.54, 1.807) is 0 Å². The Labute approximate surface area is 332 Å². The van der Waals surface area contributed by atoms with Crippen LogP contribution in [-0.2, 0) is 0 Å². The molecule has 0 spiro atoms. The Balaban J connectivity index is 1.10. The zero-order valence-corrected chi connectivity index (χ0v) is 31.3. The SMILES string of the molecule is c1ccc2cc3c(cc2c1)oc1ccc(-c2cccc4c(-c5cccc6ccccc56)c5cccc(-c6ccc7oc8cc9ccccc9cc8c7c6)c5cc24)cc13. The number of hydrogen-bond acceptors (Lipinski definition) is 2. The monoisotopic (exact) mass is 736 g/mol. The standard InChI is InChI=1S/C56H32O2/c1-3-13-36-30-54-50(26-34(36)11-1)48-28-38(22-24-52(48)57-54)41-17-8-20-44-46(41)32-47-42(18-9-21-45(47)56(44)43-19-7-15-33-10-5-6-16-40(33)43)39-23-25-53-49(29-39)51-27-35-12-2-4-14-37(35)31-55(51)58-53/h1-32H. The second-order valence-corrected chi connectivity index (χ2v) is 15.6. The van der Waals surface area contributed by atoms with Crippen LogP contribution in [0.4, 0.5) is 0 Å². The van der Waals surface area contributed by atoms with Crippen LogP contribution in [-0.4, -0.2) is 0 Å². The molecule has 0 unspecified atom stereocenters. The van der Waals surface area contributed by atoms with Gasteiger partial charge in [0.2, 0.25) is 0 Å². The zero-order chi connectivity index (χ0) is 37.9. The third kappa shape index (κ3) is 4.60. The fourth-order valence-electron chi connectivity index (χ4n) is 9.66. The van der Waals surface area contributed by atoms with Gasteiger partial charge in [0.1, 0.15) is 22.3 Å². The van der Waals surface area contributed by atoms with Gasteiger partial charge in [0.25, 0.3) is 0 Å². The average Bonchev–Trinajstić information content (AvgIpc) is 3.82. The Morgan fingerprint density at radius 2 is 0.638 bits per heavy atom. The van der Waals surface area contributed by atoms with Crippen molar-refractivity contribution in [2.45, 2.75) is 0 Å². The van der Waals surface area contributed by atoms with Crippen molar-refractivity contribution < 1.29 is 8.83 Å². The van der Waals surface area contributed by atoms with E-state index in [-0.39, 0.29) is 0 Å². The van der Waals surface area contributed by atoms with E-state index in [0.29, 0.717) is 0 Å². The van der Waals surface area contributed by atoms with E-state index >= 15 is 0 Å². The van der Waals surface area contributed by atoms with Crippen molar-refractivity contribution in [1.82, 2.24) is 0 Å². The topological polar surface area (TPSA) is 26.3 Å². The van der Waals surface area contributed by atoms with Gasteiger partial charge in [-0.05, 0) is 142 Å². The predicted octanol–water partition coefficient (Wildman–Crippen LogP) is 16.3. The van der Waals surface area contributed by atoms with E-state index in [0.717, 1.165) is 55.0 Å². The van der Waals surface area contributed by atoms with Crippen LogP contribution in [0.3, 0.4) is 0 Å². The van der Waals surface area contributed by atoms with Crippen LogP contribution in [0, 0.1) is 0 Å². The van der Waals surface area contributed by atoms with Gasteiger partial charge in [0, 0.05) is 21.5 Å². The van der Waals surface area contributed by atoms with Gasteiger partial charge in [-0.2, -0.15) is 0 Å². The summed E-state index contributed by atoms with van der Waals surface area (Å²) in [6.07, 6.45) is 0. The molecule has 0 N–H and O–H groups in total. The summed E-state index contributed by atoms with van der Waals surface area (Å²) < 4.78 is 12.9. The van der Waals surface area contributed by atoms with Crippen LogP contribution < -0.4 is 0 Å². The minimum atomic E-state index is 0.897. The first-order chi connectivity index (χ1) is 28.7. The third-order valence-electron chi connectivity index (χ3n) is 12.4. The molecule has 2 heterocycles. The predicted molar refractivity (Wildman–Crippen MR) is 245 cm³/mol. The van der Waals surface area contributed by atoms with E-state index in [9.17, 15) is 0 Å². The van der Waals surface area contributed by atoms with Crippen molar-refractivity contribution in [3.05, 3.63) is 194 Å². The maximum absolute atomic E-state index is 6.44. The molecule has 2 nitrogen and oxygen atoms in total. The third-order valence-corrected chi connectivity index (χ3v) is 12.4. The molecule has 11 aromatic carbocycles. The van der Waals surface area contributed by atoms with Gasteiger partial charge in [-0.25, -0.2) is 0 Å². The maximum Gasteiger partial charge on any atom is 0.136 e. The smallest absolute Gasteiger partial charge is 0.136 e. The van der Waals surface area contributed by atoms with Gasteiger partial charge >= 0.3 is 0 Å². The molecule has 0 atom stereocenters. The highest BCUT2D eigenvalue weighted by Gasteiger charge is 2.19. The normalized spacial score (nSPS) is 12.1. The number of benzene rings is 11. The summed E-state index contributed by atoms with van der Waals surface area (Å²) in [5, 5.41) is 16.6. The summed E-state index contributed by atoms with van der Waals surface area (Å²) in [7, 11) is 0. The highest BCUT2D eigenvalue weighted by molar-refractivity contribution is 6.22. The van der Waals surface area contributed by atoms with E-state index in [4.69, 9.17) is 8.83 Å². The first kappa shape index (κ1) is 31.5. The van der Waals surface area contributed by atoms with Crippen molar-refractivity contribution in [2.75, 3.05) is 0 Å². The molecule has 268 valence electrons. The zero-order valence-electron chi connectivity index (χ0n) is 31.3. The van der Waals surface area contributed by atoms with Crippen molar-refractivity contribution in [3.63, 3.8) is 0 Å². The summed E-state index contributed by atoms with van der Waals surface area (Å²) in [4.78, 5) is 0. The molecule has 0 fully saturated rings. The van der Waals surface area contributed by atoms with E-state index in [2.05, 4.69) is 194 Å². The van der Waals surface area contributed by atoms with E-state index in [1.165, 1.54) is 76.1 Å². The second-order valence-electron chi connectivity index (χ2n) is 15.6. The second kappa shape index (κ2) is 11.9. The van der Waals surface area contributed by atoms with E-state index < -0.39 is 0 Å². The molecule has 13 aromatic rings. The Morgan fingerprint density at radius 3 is 1.19 bits per heavy atom. The molecule has 0 saturated carbocycles. The summed E-state index contributed by atoms with van der Waals surface area (Å²) >= 11 is 0.